The maximum absolute atomic E-state index is 12.3. The minimum Gasteiger partial charge on any atom is -0.326 e. The number of nitrogens with zero attached hydrogens (tertiary/aromatic N) is 2. The Balaban J connectivity index is 1.47. The Morgan fingerprint density at radius 3 is 2.95 bits per heavy atom. The predicted molar refractivity (Wildman–Crippen MR) is 83.3 cm³/mol. The van der Waals surface area contributed by atoms with Crippen LogP contribution in [-0.4, -0.2) is 15.3 Å². The minimum absolute atomic E-state index is 0.0737. The van der Waals surface area contributed by atoms with Crippen molar-refractivity contribution in [2.45, 2.75) is 12.3 Å². The topological polar surface area (TPSA) is 54.9 Å². The van der Waals surface area contributed by atoms with Crippen LogP contribution in [0, 0.1) is 5.92 Å². The van der Waals surface area contributed by atoms with Crippen LogP contribution in [-0.2, 0) is 4.79 Å². The number of amides is 1. The Labute approximate surface area is 126 Å². The highest BCUT2D eigenvalue weighted by Crippen LogP contribution is 2.47. The smallest absolute Gasteiger partial charge is 0.228 e. The number of carbonyl (C=O) groups excluding carboxylic acids is 1. The van der Waals surface area contributed by atoms with Gasteiger partial charge in [0.05, 0.1) is 4.70 Å². The van der Waals surface area contributed by atoms with Crippen molar-refractivity contribution in [2.24, 2.45) is 5.92 Å². The molecule has 3 aromatic rings. The third kappa shape index (κ3) is 2.40. The van der Waals surface area contributed by atoms with Gasteiger partial charge in [-0.25, -0.2) is 0 Å². The van der Waals surface area contributed by atoms with Gasteiger partial charge in [0.1, 0.15) is 0 Å². The van der Waals surface area contributed by atoms with Crippen LogP contribution in [0.2, 0.25) is 0 Å². The van der Waals surface area contributed by atoms with Crippen molar-refractivity contribution < 1.29 is 4.79 Å². The van der Waals surface area contributed by atoms with Gasteiger partial charge in [0, 0.05) is 35.6 Å². The largest absolute Gasteiger partial charge is 0.326 e. The van der Waals surface area contributed by atoms with Crippen molar-refractivity contribution in [1.29, 1.82) is 0 Å². The fourth-order valence-electron chi connectivity index (χ4n) is 2.64. The van der Waals surface area contributed by atoms with Crippen molar-refractivity contribution in [3.63, 3.8) is 0 Å². The third-order valence-corrected chi connectivity index (χ3v) is 4.65. The van der Waals surface area contributed by atoms with E-state index < -0.39 is 0 Å². The molecule has 2 heterocycles. The van der Waals surface area contributed by atoms with Gasteiger partial charge in [-0.1, -0.05) is 0 Å². The average Bonchev–Trinajstić information content (AvgIpc) is 3.19. The van der Waals surface area contributed by atoms with Gasteiger partial charge in [-0.3, -0.25) is 9.78 Å². The van der Waals surface area contributed by atoms with Crippen molar-refractivity contribution in [3.05, 3.63) is 54.5 Å². The quantitative estimate of drug-likeness (QED) is 0.805. The van der Waals surface area contributed by atoms with E-state index >= 15 is 0 Å². The molecule has 4 nitrogen and oxygen atoms in total. The number of benzene rings is 1. The summed E-state index contributed by atoms with van der Waals surface area (Å²) in [4.78, 5) is 16.3. The number of hydrogen-bond acceptors (Lipinski definition) is 4. The van der Waals surface area contributed by atoms with E-state index in [4.69, 9.17) is 0 Å². The van der Waals surface area contributed by atoms with Gasteiger partial charge in [0.2, 0.25) is 5.91 Å². The number of aromatic nitrogens is 2. The molecule has 21 heavy (non-hydrogen) atoms. The maximum Gasteiger partial charge on any atom is 0.228 e. The molecule has 1 fully saturated rings. The molecule has 0 spiro atoms. The summed E-state index contributed by atoms with van der Waals surface area (Å²) < 4.78 is 5.24. The zero-order valence-electron chi connectivity index (χ0n) is 11.2. The van der Waals surface area contributed by atoms with Crippen molar-refractivity contribution in [1.82, 2.24) is 9.36 Å². The first-order valence-electron chi connectivity index (χ1n) is 6.86. The van der Waals surface area contributed by atoms with E-state index in [1.54, 1.807) is 12.4 Å². The predicted octanol–water partition coefficient (Wildman–Crippen LogP) is 3.43. The molecule has 1 aromatic carbocycles. The van der Waals surface area contributed by atoms with Crippen LogP contribution in [0.1, 0.15) is 17.9 Å². The van der Waals surface area contributed by atoms with Crippen LogP contribution >= 0.6 is 11.5 Å². The second-order valence-electron chi connectivity index (χ2n) is 5.30. The molecule has 1 aliphatic carbocycles. The first kappa shape index (κ1) is 12.5. The van der Waals surface area contributed by atoms with Crippen molar-refractivity contribution in [2.75, 3.05) is 5.32 Å². The molecule has 1 aliphatic rings. The van der Waals surface area contributed by atoms with Gasteiger partial charge in [-0.2, -0.15) is 4.37 Å². The van der Waals surface area contributed by atoms with E-state index in [1.165, 1.54) is 17.1 Å². The van der Waals surface area contributed by atoms with Crippen molar-refractivity contribution in [3.8, 4) is 0 Å². The Morgan fingerprint density at radius 1 is 1.24 bits per heavy atom. The highest BCUT2D eigenvalue weighted by atomic mass is 32.1. The summed E-state index contributed by atoms with van der Waals surface area (Å²) in [7, 11) is 0. The summed E-state index contributed by atoms with van der Waals surface area (Å²) in [6.07, 6.45) is 6.31. The number of hydrogen-bond donors (Lipinski definition) is 1. The molecule has 0 saturated heterocycles. The highest BCUT2D eigenvalue weighted by Gasteiger charge is 2.43. The van der Waals surface area contributed by atoms with Crippen molar-refractivity contribution >= 4 is 33.2 Å². The number of fused-ring (bicyclic) bond motifs is 1. The minimum atomic E-state index is 0.0737. The molecular weight excluding hydrogens is 282 g/mol. The fourth-order valence-corrected chi connectivity index (χ4v) is 3.32. The van der Waals surface area contributed by atoms with E-state index in [2.05, 4.69) is 14.7 Å². The van der Waals surface area contributed by atoms with Gasteiger partial charge in [0.15, 0.2) is 0 Å². The number of nitrogens with one attached hydrogen (secondary N) is 1. The molecule has 0 bridgehead atoms. The van der Waals surface area contributed by atoms with E-state index in [-0.39, 0.29) is 11.8 Å². The summed E-state index contributed by atoms with van der Waals surface area (Å²) in [6, 6.07) is 9.87. The molecule has 0 aliphatic heterocycles. The molecule has 2 aromatic heterocycles. The monoisotopic (exact) mass is 295 g/mol. The summed E-state index contributed by atoms with van der Waals surface area (Å²) in [6.45, 7) is 0. The van der Waals surface area contributed by atoms with Crippen LogP contribution in [0.4, 0.5) is 5.69 Å². The van der Waals surface area contributed by atoms with Crippen LogP contribution in [0.3, 0.4) is 0 Å². The molecule has 1 N–H and O–H groups in total. The normalized spacial score (nSPS) is 20.4. The lowest BCUT2D eigenvalue weighted by Gasteiger charge is -2.05. The van der Waals surface area contributed by atoms with E-state index in [9.17, 15) is 4.79 Å². The van der Waals surface area contributed by atoms with Crippen LogP contribution in [0.5, 0.6) is 0 Å². The van der Waals surface area contributed by atoms with Crippen LogP contribution in [0.15, 0.2) is 48.9 Å². The standard InChI is InChI=1S/C16H13N3OS/c20-16(14-8-13(14)10-3-5-17-6-4-10)19-12-2-1-11-9-18-21-15(11)7-12/h1-7,9,13-14H,8H2,(H,19,20)/t13?,14-/m1/s1. The zero-order valence-corrected chi connectivity index (χ0v) is 12.0. The summed E-state index contributed by atoms with van der Waals surface area (Å²) in [5, 5.41) is 4.12. The van der Waals surface area contributed by atoms with Gasteiger partial charge >= 0.3 is 0 Å². The Hall–Kier alpha value is -2.27. The highest BCUT2D eigenvalue weighted by molar-refractivity contribution is 7.13. The first-order valence-corrected chi connectivity index (χ1v) is 7.64. The van der Waals surface area contributed by atoms with Crippen LogP contribution < -0.4 is 5.32 Å². The second-order valence-corrected chi connectivity index (χ2v) is 6.13. The summed E-state index contributed by atoms with van der Waals surface area (Å²) >= 11 is 1.44. The average molecular weight is 295 g/mol. The Bertz CT molecular complexity index is 799. The van der Waals surface area contributed by atoms with Gasteiger partial charge in [0.25, 0.3) is 0 Å². The third-order valence-electron chi connectivity index (χ3n) is 3.89. The molecule has 1 unspecified atom stereocenters. The number of pyridine rings is 1. The number of rotatable bonds is 3. The number of carbonyl (C=O) groups is 1. The molecule has 4 rings (SSSR count). The zero-order chi connectivity index (χ0) is 14.2. The lowest BCUT2D eigenvalue weighted by molar-refractivity contribution is -0.117. The molecule has 5 heteroatoms. The maximum atomic E-state index is 12.3. The van der Waals surface area contributed by atoms with E-state index in [0.717, 1.165) is 22.2 Å². The lowest BCUT2D eigenvalue weighted by atomic mass is 10.1. The van der Waals surface area contributed by atoms with Crippen LogP contribution in [0.25, 0.3) is 10.1 Å². The fraction of sp³-hybridized carbons (Fsp3) is 0.188. The van der Waals surface area contributed by atoms with E-state index in [1.807, 2.05) is 36.5 Å². The Morgan fingerprint density at radius 2 is 2.10 bits per heavy atom. The molecule has 2 atom stereocenters. The summed E-state index contributed by atoms with van der Waals surface area (Å²) in [5.74, 6) is 0.505. The van der Waals surface area contributed by atoms with E-state index in [0.29, 0.717) is 5.92 Å². The lowest BCUT2D eigenvalue weighted by Crippen LogP contribution is -2.14. The van der Waals surface area contributed by atoms with Gasteiger partial charge in [-0.15, -0.1) is 0 Å². The molecule has 1 amide bonds. The SMILES string of the molecule is O=C(Nc1ccc2cnsc2c1)[C@@H]1CC1c1ccncc1. The Kier molecular flexibility index (Phi) is 2.93. The molecule has 104 valence electrons. The number of anilines is 1. The first-order chi connectivity index (χ1) is 10.3. The molecule has 1 saturated carbocycles. The van der Waals surface area contributed by atoms with Gasteiger partial charge in [-0.05, 0) is 59.8 Å². The van der Waals surface area contributed by atoms with Gasteiger partial charge < -0.3 is 5.32 Å². The summed E-state index contributed by atoms with van der Waals surface area (Å²) in [5.41, 5.74) is 2.04. The molecular formula is C16H13N3OS. The molecule has 0 radical (unpaired) electrons. The second kappa shape index (κ2) is 4.93.